The molecular weight excluding hydrogens is 470 g/mol. The second-order valence-corrected chi connectivity index (χ2v) is 9.34. The van der Waals surface area contributed by atoms with E-state index in [9.17, 15) is 19.5 Å². The molecule has 0 spiro atoms. The third-order valence-electron chi connectivity index (χ3n) is 6.93. The van der Waals surface area contributed by atoms with E-state index in [4.69, 9.17) is 10.7 Å². The summed E-state index contributed by atoms with van der Waals surface area (Å²) in [6.45, 7) is 0. The number of carbonyl (C=O) groups is 3. The number of carboxylic acid groups (broad SMARTS) is 1. The molecule has 188 valence electrons. The van der Waals surface area contributed by atoms with Gasteiger partial charge in [-0.15, -0.1) is 0 Å². The minimum absolute atomic E-state index is 0.170. The minimum atomic E-state index is -1.33. The summed E-state index contributed by atoms with van der Waals surface area (Å²) < 4.78 is 0. The molecule has 3 aromatic carbocycles. The summed E-state index contributed by atoms with van der Waals surface area (Å²) in [5, 5.41) is 15.0. The zero-order chi connectivity index (χ0) is 26.2. The maximum atomic E-state index is 13.3. The number of urea groups is 1. The van der Waals surface area contributed by atoms with Crippen LogP contribution < -0.4 is 21.3 Å². The van der Waals surface area contributed by atoms with Crippen molar-refractivity contribution in [3.63, 3.8) is 0 Å². The van der Waals surface area contributed by atoms with Crippen LogP contribution in [0, 0.1) is 0 Å². The van der Waals surface area contributed by atoms with Crippen molar-refractivity contribution in [2.75, 3.05) is 17.3 Å². The number of benzene rings is 3. The first-order valence-corrected chi connectivity index (χ1v) is 12.0. The highest BCUT2D eigenvalue weighted by molar-refractivity contribution is 6.20. The van der Waals surface area contributed by atoms with Crippen molar-refractivity contribution in [2.24, 2.45) is 10.7 Å². The summed E-state index contributed by atoms with van der Waals surface area (Å²) in [4.78, 5) is 44.3. The number of nitrogens with zero attached hydrogens (tertiary/aromatic N) is 2. The van der Waals surface area contributed by atoms with Crippen LogP contribution in [-0.2, 0) is 22.4 Å². The number of benzodiazepines with no additional fused rings is 1. The van der Waals surface area contributed by atoms with Gasteiger partial charge < -0.3 is 26.4 Å². The van der Waals surface area contributed by atoms with E-state index in [0.29, 0.717) is 23.5 Å². The number of aliphatic imine (C=N–C) groups is 1. The summed E-state index contributed by atoms with van der Waals surface area (Å²) in [5.41, 5.74) is 9.82. The van der Waals surface area contributed by atoms with Crippen LogP contribution in [0.15, 0.2) is 77.8 Å². The second-order valence-electron chi connectivity index (χ2n) is 9.34. The van der Waals surface area contributed by atoms with Crippen LogP contribution in [-0.4, -0.2) is 47.5 Å². The van der Waals surface area contributed by atoms with Gasteiger partial charge in [0.2, 0.25) is 6.17 Å². The molecule has 37 heavy (non-hydrogen) atoms. The molecule has 1 unspecified atom stereocenters. The third-order valence-corrected chi connectivity index (χ3v) is 6.93. The van der Waals surface area contributed by atoms with Crippen LogP contribution in [0.3, 0.4) is 0 Å². The lowest BCUT2D eigenvalue weighted by atomic mass is 9.78. The fourth-order valence-corrected chi connectivity index (χ4v) is 4.90. The highest BCUT2D eigenvalue weighted by Gasteiger charge is 2.38. The number of anilines is 2. The number of rotatable bonds is 4. The SMILES string of the molecule is CN1C(=O)[C@H](NC(=O)Nc2cccc3c2CCC(N)(C(=O)O)C3)N=C(c2ccccc2)c2ccccc21. The third kappa shape index (κ3) is 4.56. The molecule has 0 bridgehead atoms. The van der Waals surface area contributed by atoms with Gasteiger partial charge in [-0.2, -0.15) is 0 Å². The predicted octanol–water partition coefficient (Wildman–Crippen LogP) is 2.92. The van der Waals surface area contributed by atoms with Crippen molar-refractivity contribution in [1.82, 2.24) is 5.32 Å². The Labute approximate surface area is 214 Å². The Kier molecular flexibility index (Phi) is 6.22. The zero-order valence-electron chi connectivity index (χ0n) is 20.3. The summed E-state index contributed by atoms with van der Waals surface area (Å²) in [6.07, 6.45) is -0.324. The number of hydrogen-bond acceptors (Lipinski definition) is 5. The van der Waals surface area contributed by atoms with Crippen molar-refractivity contribution in [2.45, 2.75) is 31.0 Å². The number of likely N-dealkylation sites (N-methyl/N-ethyl adjacent to an activating group) is 1. The van der Waals surface area contributed by atoms with Crippen LogP contribution in [0.1, 0.15) is 28.7 Å². The number of carboxylic acids is 1. The van der Waals surface area contributed by atoms with Gasteiger partial charge in [0.15, 0.2) is 0 Å². The summed E-state index contributed by atoms with van der Waals surface area (Å²) in [6, 6.07) is 21.7. The van der Waals surface area contributed by atoms with Crippen LogP contribution in [0.2, 0.25) is 0 Å². The van der Waals surface area contributed by atoms with Gasteiger partial charge in [-0.05, 0) is 36.1 Å². The Morgan fingerprint density at radius 3 is 2.54 bits per heavy atom. The van der Waals surface area contributed by atoms with Gasteiger partial charge in [-0.25, -0.2) is 9.79 Å². The van der Waals surface area contributed by atoms with Gasteiger partial charge in [0.05, 0.1) is 11.4 Å². The highest BCUT2D eigenvalue weighted by Crippen LogP contribution is 2.32. The highest BCUT2D eigenvalue weighted by atomic mass is 16.4. The van der Waals surface area contributed by atoms with Gasteiger partial charge in [0, 0.05) is 30.3 Å². The van der Waals surface area contributed by atoms with E-state index in [-0.39, 0.29) is 18.7 Å². The molecule has 1 aliphatic heterocycles. The number of nitrogens with one attached hydrogen (secondary N) is 2. The maximum absolute atomic E-state index is 13.3. The number of hydrogen-bond donors (Lipinski definition) is 4. The molecule has 0 fully saturated rings. The lowest BCUT2D eigenvalue weighted by Crippen LogP contribution is -2.52. The fraction of sp³-hybridized carbons (Fsp3) is 0.214. The van der Waals surface area contributed by atoms with Gasteiger partial charge in [-0.3, -0.25) is 9.59 Å². The van der Waals surface area contributed by atoms with Crippen molar-refractivity contribution < 1.29 is 19.5 Å². The molecular formula is C28H27N5O4. The summed E-state index contributed by atoms with van der Waals surface area (Å²) in [7, 11) is 1.66. The lowest BCUT2D eigenvalue weighted by Gasteiger charge is -2.32. The predicted molar refractivity (Wildman–Crippen MR) is 141 cm³/mol. The Morgan fingerprint density at radius 1 is 1.05 bits per heavy atom. The van der Waals surface area contributed by atoms with Crippen LogP contribution in [0.5, 0.6) is 0 Å². The summed E-state index contributed by atoms with van der Waals surface area (Å²) >= 11 is 0. The number of nitrogens with two attached hydrogens (primary N) is 1. The standard InChI is InChI=1S/C28H27N5O4/c1-33-22-13-6-5-11-20(22)23(17-8-3-2-4-9-17)31-24(25(33)34)32-27(37)30-21-12-7-10-18-16-28(29,26(35)36)15-14-19(18)21/h2-13,24H,14-16,29H2,1H3,(H,35,36)(H2,30,32,37)/t24-,28?/m0/s1. The Bertz CT molecular complexity index is 1420. The molecule has 9 nitrogen and oxygen atoms in total. The Hall–Kier alpha value is -4.50. The Morgan fingerprint density at radius 2 is 1.78 bits per heavy atom. The maximum Gasteiger partial charge on any atom is 0.324 e. The first-order valence-electron chi connectivity index (χ1n) is 12.0. The van der Waals surface area contributed by atoms with E-state index < -0.39 is 23.7 Å². The lowest BCUT2D eigenvalue weighted by molar-refractivity contribution is -0.143. The smallest absolute Gasteiger partial charge is 0.324 e. The van der Waals surface area contributed by atoms with Gasteiger partial charge in [0.25, 0.3) is 5.91 Å². The van der Waals surface area contributed by atoms with E-state index >= 15 is 0 Å². The largest absolute Gasteiger partial charge is 0.480 e. The quantitative estimate of drug-likeness (QED) is 0.439. The molecule has 5 rings (SSSR count). The molecule has 1 aliphatic carbocycles. The van der Waals surface area contributed by atoms with E-state index in [0.717, 1.165) is 22.3 Å². The number of amides is 3. The molecule has 0 saturated heterocycles. The number of para-hydroxylation sites is 1. The van der Waals surface area contributed by atoms with Crippen LogP contribution in [0.4, 0.5) is 16.2 Å². The molecule has 5 N–H and O–H groups in total. The molecule has 9 heteroatoms. The van der Waals surface area contributed by atoms with Crippen molar-refractivity contribution >= 4 is 35.0 Å². The molecule has 0 radical (unpaired) electrons. The number of carbonyl (C=O) groups excluding carboxylic acids is 2. The molecule has 0 saturated carbocycles. The van der Waals surface area contributed by atoms with Gasteiger partial charge in [-0.1, -0.05) is 60.7 Å². The first kappa shape index (κ1) is 24.2. The monoisotopic (exact) mass is 497 g/mol. The fourth-order valence-electron chi connectivity index (χ4n) is 4.90. The van der Waals surface area contributed by atoms with Crippen molar-refractivity contribution in [3.05, 3.63) is 95.1 Å². The topological polar surface area (TPSA) is 137 Å². The van der Waals surface area contributed by atoms with E-state index in [1.165, 1.54) is 4.90 Å². The van der Waals surface area contributed by atoms with Gasteiger partial charge >= 0.3 is 12.0 Å². The zero-order valence-corrected chi connectivity index (χ0v) is 20.3. The average molecular weight is 498 g/mol. The van der Waals surface area contributed by atoms with Crippen molar-refractivity contribution in [3.8, 4) is 0 Å². The van der Waals surface area contributed by atoms with E-state index in [2.05, 4.69) is 10.6 Å². The average Bonchev–Trinajstić information content (AvgIpc) is 3.00. The van der Waals surface area contributed by atoms with Gasteiger partial charge in [0.1, 0.15) is 5.54 Å². The Balaban J connectivity index is 1.43. The number of fused-ring (bicyclic) bond motifs is 2. The molecule has 0 aromatic heterocycles. The second kappa shape index (κ2) is 9.51. The van der Waals surface area contributed by atoms with Crippen molar-refractivity contribution in [1.29, 1.82) is 0 Å². The minimum Gasteiger partial charge on any atom is -0.480 e. The normalized spacial score (nSPS) is 20.7. The summed E-state index contributed by atoms with van der Waals surface area (Å²) in [5.74, 6) is -1.42. The molecule has 3 amide bonds. The molecule has 2 aliphatic rings. The van der Waals surface area contributed by atoms with Crippen LogP contribution in [0.25, 0.3) is 0 Å². The molecule has 1 heterocycles. The van der Waals surface area contributed by atoms with Crippen LogP contribution >= 0.6 is 0 Å². The first-order chi connectivity index (χ1) is 17.8. The molecule has 2 atom stereocenters. The van der Waals surface area contributed by atoms with E-state index in [1.807, 2.05) is 60.7 Å². The molecule has 3 aromatic rings. The number of aliphatic carboxylic acids is 1. The van der Waals surface area contributed by atoms with E-state index in [1.54, 1.807) is 19.2 Å².